The number of aromatic nitrogens is 1. The first-order valence-electron chi connectivity index (χ1n) is 9.57. The maximum Gasteiger partial charge on any atom is 0.234 e. The van der Waals surface area contributed by atoms with Crippen molar-refractivity contribution in [2.75, 3.05) is 16.4 Å². The molecule has 1 heterocycles. The highest BCUT2D eigenvalue weighted by molar-refractivity contribution is 8.00. The van der Waals surface area contributed by atoms with Crippen LogP contribution in [0.1, 0.15) is 30.5 Å². The zero-order chi connectivity index (χ0) is 21.0. The molecule has 1 aromatic heterocycles. The molecule has 0 saturated heterocycles. The number of nitrogens with one attached hydrogen (secondary N) is 2. The molecule has 5 nitrogen and oxygen atoms in total. The average Bonchev–Trinajstić information content (AvgIpc) is 2.70. The standard InChI is InChI=1S/C23H25N3O2S/c1-5-17-12-20-14(2)6-7-15(3)22(20)26-23(17)29-13-21(28)25-19-10-8-18(9-11-19)24-16(4)27/h6-12H,5,13H2,1-4H3,(H,24,27)(H,25,28). The fourth-order valence-electron chi connectivity index (χ4n) is 3.11. The molecule has 0 spiro atoms. The third kappa shape index (κ3) is 5.15. The molecule has 0 aliphatic heterocycles. The number of carbonyl (C=O) groups excluding carboxylic acids is 2. The molecule has 0 unspecified atom stereocenters. The van der Waals surface area contributed by atoms with Crippen LogP contribution in [-0.2, 0) is 16.0 Å². The van der Waals surface area contributed by atoms with Gasteiger partial charge in [-0.05, 0) is 67.3 Å². The number of fused-ring (bicyclic) bond motifs is 1. The number of nitrogens with zero attached hydrogens (tertiary/aromatic N) is 1. The van der Waals surface area contributed by atoms with Crippen molar-refractivity contribution in [1.82, 2.24) is 4.98 Å². The number of hydrogen-bond acceptors (Lipinski definition) is 4. The highest BCUT2D eigenvalue weighted by Gasteiger charge is 2.12. The van der Waals surface area contributed by atoms with Gasteiger partial charge in [0.05, 0.1) is 11.3 Å². The van der Waals surface area contributed by atoms with Gasteiger partial charge in [0.2, 0.25) is 11.8 Å². The van der Waals surface area contributed by atoms with Gasteiger partial charge >= 0.3 is 0 Å². The van der Waals surface area contributed by atoms with E-state index in [1.54, 1.807) is 24.3 Å². The zero-order valence-corrected chi connectivity index (χ0v) is 17.9. The summed E-state index contributed by atoms with van der Waals surface area (Å²) in [6.45, 7) is 7.72. The molecule has 2 N–H and O–H groups in total. The summed E-state index contributed by atoms with van der Waals surface area (Å²) >= 11 is 1.46. The monoisotopic (exact) mass is 407 g/mol. The minimum atomic E-state index is -0.127. The molecule has 0 aliphatic rings. The number of rotatable bonds is 6. The molecule has 6 heteroatoms. The SMILES string of the molecule is CCc1cc2c(C)ccc(C)c2nc1SCC(=O)Nc1ccc(NC(C)=O)cc1. The van der Waals surface area contributed by atoms with Crippen molar-refractivity contribution >= 4 is 45.9 Å². The van der Waals surface area contributed by atoms with E-state index in [1.807, 2.05) is 0 Å². The van der Waals surface area contributed by atoms with Crippen LogP contribution in [0.2, 0.25) is 0 Å². The van der Waals surface area contributed by atoms with Crippen LogP contribution < -0.4 is 10.6 Å². The second-order valence-electron chi connectivity index (χ2n) is 7.00. The zero-order valence-electron chi connectivity index (χ0n) is 17.1. The lowest BCUT2D eigenvalue weighted by Gasteiger charge is -2.12. The van der Waals surface area contributed by atoms with Gasteiger partial charge in [0, 0.05) is 23.7 Å². The quantitative estimate of drug-likeness (QED) is 0.558. The number of thioether (sulfide) groups is 1. The first-order valence-corrected chi connectivity index (χ1v) is 10.6. The molecule has 2 amide bonds. The van der Waals surface area contributed by atoms with Crippen molar-refractivity contribution in [3.05, 3.63) is 59.2 Å². The number of anilines is 2. The second-order valence-corrected chi connectivity index (χ2v) is 7.96. The number of aryl methyl sites for hydroxylation is 3. The molecule has 0 atom stereocenters. The Kier molecular flexibility index (Phi) is 6.54. The summed E-state index contributed by atoms with van der Waals surface area (Å²) in [7, 11) is 0. The number of carbonyl (C=O) groups is 2. The van der Waals surface area contributed by atoms with Crippen LogP contribution in [0.4, 0.5) is 11.4 Å². The number of pyridine rings is 1. The van der Waals surface area contributed by atoms with Gasteiger partial charge in [-0.25, -0.2) is 4.98 Å². The van der Waals surface area contributed by atoms with Gasteiger partial charge in [-0.2, -0.15) is 0 Å². The molecule has 3 rings (SSSR count). The van der Waals surface area contributed by atoms with E-state index in [0.29, 0.717) is 11.4 Å². The first kappa shape index (κ1) is 20.9. The summed E-state index contributed by atoms with van der Waals surface area (Å²) in [5.74, 6) is 0.0644. The Bertz CT molecular complexity index is 1060. The van der Waals surface area contributed by atoms with Gasteiger partial charge in [-0.1, -0.05) is 30.8 Å². The van der Waals surface area contributed by atoms with E-state index in [4.69, 9.17) is 4.98 Å². The summed E-state index contributed by atoms with van der Waals surface area (Å²) in [6.07, 6.45) is 0.866. The molecule has 0 fully saturated rings. The molecule has 0 bridgehead atoms. The maximum absolute atomic E-state index is 12.4. The van der Waals surface area contributed by atoms with Gasteiger partial charge in [0.25, 0.3) is 0 Å². The highest BCUT2D eigenvalue weighted by atomic mass is 32.2. The van der Waals surface area contributed by atoms with Crippen molar-refractivity contribution in [2.45, 2.75) is 39.1 Å². The van der Waals surface area contributed by atoms with Crippen LogP contribution in [-0.4, -0.2) is 22.6 Å². The van der Waals surface area contributed by atoms with E-state index in [1.165, 1.54) is 29.6 Å². The third-order valence-corrected chi connectivity index (χ3v) is 5.69. The number of benzene rings is 2. The van der Waals surface area contributed by atoms with Crippen LogP contribution in [0.25, 0.3) is 10.9 Å². The van der Waals surface area contributed by atoms with Crippen LogP contribution >= 0.6 is 11.8 Å². The van der Waals surface area contributed by atoms with Crippen LogP contribution in [0.5, 0.6) is 0 Å². The summed E-state index contributed by atoms with van der Waals surface area (Å²) in [5.41, 5.74) is 5.90. The van der Waals surface area contributed by atoms with Gasteiger partial charge in [-0.15, -0.1) is 0 Å². The first-order chi connectivity index (χ1) is 13.9. The lowest BCUT2D eigenvalue weighted by atomic mass is 10.0. The smallest absolute Gasteiger partial charge is 0.234 e. The summed E-state index contributed by atoms with van der Waals surface area (Å²) in [6, 6.07) is 13.5. The Labute approximate surface area is 175 Å². The third-order valence-electron chi connectivity index (χ3n) is 4.65. The minimum absolute atomic E-state index is 0.0906. The topological polar surface area (TPSA) is 71.1 Å². The Hall–Kier alpha value is -2.86. The van der Waals surface area contributed by atoms with E-state index < -0.39 is 0 Å². The summed E-state index contributed by atoms with van der Waals surface area (Å²) in [4.78, 5) is 28.4. The largest absolute Gasteiger partial charge is 0.326 e. The van der Waals surface area contributed by atoms with Crippen molar-refractivity contribution in [2.24, 2.45) is 0 Å². The summed E-state index contributed by atoms with van der Waals surface area (Å²) in [5, 5.41) is 7.67. The Morgan fingerprint density at radius 2 is 1.59 bits per heavy atom. The van der Waals surface area contributed by atoms with E-state index in [2.05, 4.69) is 49.6 Å². The lowest BCUT2D eigenvalue weighted by Crippen LogP contribution is -2.14. The number of amides is 2. The molecule has 150 valence electrons. The van der Waals surface area contributed by atoms with Gasteiger partial charge in [0.15, 0.2) is 0 Å². The number of hydrogen-bond donors (Lipinski definition) is 2. The average molecular weight is 408 g/mol. The van der Waals surface area contributed by atoms with Crippen molar-refractivity contribution in [3.63, 3.8) is 0 Å². The van der Waals surface area contributed by atoms with E-state index in [0.717, 1.165) is 28.1 Å². The van der Waals surface area contributed by atoms with Gasteiger partial charge in [-0.3, -0.25) is 9.59 Å². The fraction of sp³-hybridized carbons (Fsp3) is 0.261. The van der Waals surface area contributed by atoms with Crippen molar-refractivity contribution in [1.29, 1.82) is 0 Å². The minimum Gasteiger partial charge on any atom is -0.326 e. The van der Waals surface area contributed by atoms with Crippen molar-refractivity contribution in [3.8, 4) is 0 Å². The molecule has 29 heavy (non-hydrogen) atoms. The maximum atomic E-state index is 12.4. The lowest BCUT2D eigenvalue weighted by molar-refractivity contribution is -0.114. The highest BCUT2D eigenvalue weighted by Crippen LogP contribution is 2.29. The van der Waals surface area contributed by atoms with Crippen LogP contribution in [0.3, 0.4) is 0 Å². The van der Waals surface area contributed by atoms with Crippen LogP contribution in [0.15, 0.2) is 47.5 Å². The predicted molar refractivity (Wildman–Crippen MR) is 121 cm³/mol. The molecule has 3 aromatic rings. The molecular formula is C23H25N3O2S. The van der Waals surface area contributed by atoms with Gasteiger partial charge in [0.1, 0.15) is 5.03 Å². The van der Waals surface area contributed by atoms with E-state index >= 15 is 0 Å². The Balaban J connectivity index is 1.70. The second kappa shape index (κ2) is 9.09. The molecule has 0 radical (unpaired) electrons. The van der Waals surface area contributed by atoms with E-state index in [9.17, 15) is 9.59 Å². The van der Waals surface area contributed by atoms with E-state index in [-0.39, 0.29) is 17.6 Å². The Morgan fingerprint density at radius 3 is 2.21 bits per heavy atom. The van der Waals surface area contributed by atoms with Crippen molar-refractivity contribution < 1.29 is 9.59 Å². The Morgan fingerprint density at radius 1 is 0.966 bits per heavy atom. The van der Waals surface area contributed by atoms with Gasteiger partial charge < -0.3 is 10.6 Å². The fourth-order valence-corrected chi connectivity index (χ4v) is 3.99. The summed E-state index contributed by atoms with van der Waals surface area (Å²) < 4.78 is 0. The molecule has 0 aliphatic carbocycles. The normalized spacial score (nSPS) is 10.8. The van der Waals surface area contributed by atoms with Crippen LogP contribution in [0, 0.1) is 13.8 Å². The predicted octanol–water partition coefficient (Wildman–Crippen LogP) is 5.10. The molecule has 2 aromatic carbocycles. The molecular weight excluding hydrogens is 382 g/mol. The molecule has 0 saturated carbocycles.